The van der Waals surface area contributed by atoms with Gasteiger partial charge in [0.1, 0.15) is 5.60 Å². The molecule has 1 aromatic carbocycles. The van der Waals surface area contributed by atoms with Crippen LogP contribution in [-0.4, -0.2) is 82.9 Å². The Bertz CT molecular complexity index is 1290. The fourth-order valence-electron chi connectivity index (χ4n) is 3.64. The molecular formula is C29H41N7O5. The smallest absolute Gasteiger partial charge is 0.410 e. The van der Waals surface area contributed by atoms with Crippen LogP contribution in [0.5, 0.6) is 0 Å². The van der Waals surface area contributed by atoms with Crippen LogP contribution in [0.3, 0.4) is 0 Å². The highest BCUT2D eigenvalue weighted by Crippen LogP contribution is 2.20. The summed E-state index contributed by atoms with van der Waals surface area (Å²) in [6.07, 6.45) is 3.54. The van der Waals surface area contributed by atoms with Crippen LogP contribution >= 0.6 is 0 Å². The zero-order valence-electron chi connectivity index (χ0n) is 24.9. The van der Waals surface area contributed by atoms with Gasteiger partial charge in [0.25, 0.3) is 5.91 Å². The number of nitrogens with two attached hydrogens (primary N) is 1. The SMILES string of the molecule is CCc1nc(C(N)=O)c(Nc2cccc(CCNC(=O)CN(C)C(=O)/C=C/CN(C)C(=O)OC(C)(C)C)c2)nc1C. The average Bonchev–Trinajstić information content (AvgIpc) is 2.87. The summed E-state index contributed by atoms with van der Waals surface area (Å²) in [5.41, 5.74) is 8.05. The predicted molar refractivity (Wildman–Crippen MR) is 157 cm³/mol. The van der Waals surface area contributed by atoms with E-state index in [1.807, 2.05) is 38.1 Å². The lowest BCUT2D eigenvalue weighted by atomic mass is 10.1. The van der Waals surface area contributed by atoms with Crippen LogP contribution < -0.4 is 16.4 Å². The number of likely N-dealkylation sites (N-methyl/N-ethyl adjacent to an activating group) is 2. The summed E-state index contributed by atoms with van der Waals surface area (Å²) < 4.78 is 5.26. The molecule has 0 radical (unpaired) electrons. The van der Waals surface area contributed by atoms with Gasteiger partial charge >= 0.3 is 6.09 Å². The molecule has 0 fully saturated rings. The average molecular weight is 568 g/mol. The fraction of sp³-hybridized carbons (Fsp3) is 0.448. The van der Waals surface area contributed by atoms with E-state index >= 15 is 0 Å². The maximum absolute atomic E-state index is 12.4. The summed E-state index contributed by atoms with van der Waals surface area (Å²) in [5.74, 6) is -1.05. The second-order valence-corrected chi connectivity index (χ2v) is 10.6. The van der Waals surface area contributed by atoms with Gasteiger partial charge in [0, 0.05) is 38.9 Å². The maximum Gasteiger partial charge on any atom is 0.410 e. The minimum absolute atomic E-state index is 0.0775. The van der Waals surface area contributed by atoms with Crippen LogP contribution in [0.1, 0.15) is 55.1 Å². The number of anilines is 2. The second-order valence-electron chi connectivity index (χ2n) is 10.6. The van der Waals surface area contributed by atoms with Crippen molar-refractivity contribution in [3.8, 4) is 0 Å². The lowest BCUT2D eigenvalue weighted by molar-refractivity contribution is -0.131. The molecule has 0 saturated carbocycles. The Morgan fingerprint density at radius 1 is 1.10 bits per heavy atom. The maximum atomic E-state index is 12.4. The van der Waals surface area contributed by atoms with E-state index in [0.717, 1.165) is 5.56 Å². The van der Waals surface area contributed by atoms with Crippen molar-refractivity contribution in [3.63, 3.8) is 0 Å². The molecule has 222 valence electrons. The summed E-state index contributed by atoms with van der Waals surface area (Å²) in [4.78, 5) is 60.1. The van der Waals surface area contributed by atoms with E-state index in [1.54, 1.807) is 33.9 Å². The number of carbonyl (C=O) groups excluding carboxylic acids is 4. The molecule has 0 aliphatic carbocycles. The topological polar surface area (TPSA) is 160 Å². The van der Waals surface area contributed by atoms with Crippen molar-refractivity contribution in [3.05, 3.63) is 59.1 Å². The number of amides is 4. The van der Waals surface area contributed by atoms with Crippen LogP contribution in [0.4, 0.5) is 16.3 Å². The van der Waals surface area contributed by atoms with Crippen molar-refractivity contribution in [2.45, 2.75) is 53.1 Å². The van der Waals surface area contributed by atoms with Crippen molar-refractivity contribution in [1.29, 1.82) is 0 Å². The summed E-state index contributed by atoms with van der Waals surface area (Å²) in [6.45, 7) is 9.52. The van der Waals surface area contributed by atoms with Gasteiger partial charge in [-0.15, -0.1) is 0 Å². The summed E-state index contributed by atoms with van der Waals surface area (Å²) in [5, 5.41) is 5.93. The first kappa shape index (κ1) is 32.7. The third kappa shape index (κ3) is 10.9. The standard InChI is InChI=1S/C29H41N7O5/c1-8-22-19(2)32-27(25(34-22)26(30)39)33-21-12-9-11-20(17-21)14-15-31-23(37)18-36(7)24(38)13-10-16-35(6)28(40)41-29(3,4)5/h9-13,17H,8,14-16,18H2,1-7H3,(H2,30,39)(H,31,37)(H,32,33)/b13-10+. The number of aryl methyl sites for hydroxylation is 2. The number of primary amides is 1. The number of hydrogen-bond acceptors (Lipinski definition) is 8. The zero-order chi connectivity index (χ0) is 30.7. The van der Waals surface area contributed by atoms with Crippen LogP contribution in [-0.2, 0) is 27.2 Å². The third-order valence-corrected chi connectivity index (χ3v) is 5.76. The van der Waals surface area contributed by atoms with E-state index in [0.29, 0.717) is 36.5 Å². The number of nitrogens with zero attached hydrogens (tertiary/aromatic N) is 4. The Labute approximate surface area is 241 Å². The van der Waals surface area contributed by atoms with E-state index in [4.69, 9.17) is 10.5 Å². The van der Waals surface area contributed by atoms with Crippen LogP contribution in [0.25, 0.3) is 0 Å². The summed E-state index contributed by atoms with van der Waals surface area (Å²) >= 11 is 0. The Morgan fingerprint density at radius 2 is 1.80 bits per heavy atom. The normalized spacial score (nSPS) is 11.2. The molecule has 0 bridgehead atoms. The monoisotopic (exact) mass is 567 g/mol. The van der Waals surface area contributed by atoms with E-state index in [2.05, 4.69) is 20.6 Å². The first-order valence-electron chi connectivity index (χ1n) is 13.4. The molecule has 0 saturated heterocycles. The van der Waals surface area contributed by atoms with Crippen LogP contribution in [0.2, 0.25) is 0 Å². The molecule has 0 aliphatic heterocycles. The number of benzene rings is 1. The van der Waals surface area contributed by atoms with Gasteiger partial charge in [-0.1, -0.05) is 25.1 Å². The third-order valence-electron chi connectivity index (χ3n) is 5.76. The van der Waals surface area contributed by atoms with Crippen LogP contribution in [0.15, 0.2) is 36.4 Å². The molecule has 1 heterocycles. The first-order chi connectivity index (χ1) is 19.2. The Balaban J connectivity index is 1.85. The Hall–Kier alpha value is -4.48. The van der Waals surface area contributed by atoms with Gasteiger partial charge in [0.2, 0.25) is 11.8 Å². The molecule has 0 atom stereocenters. The highest BCUT2D eigenvalue weighted by Gasteiger charge is 2.19. The number of aromatic nitrogens is 2. The molecule has 4 amide bonds. The Kier molecular flexibility index (Phi) is 11.8. The fourth-order valence-corrected chi connectivity index (χ4v) is 3.64. The lowest BCUT2D eigenvalue weighted by Crippen LogP contribution is -2.38. The molecule has 2 aromatic rings. The minimum atomic E-state index is -0.666. The van der Waals surface area contributed by atoms with E-state index in [-0.39, 0.29) is 36.4 Å². The van der Waals surface area contributed by atoms with E-state index < -0.39 is 17.6 Å². The quantitative estimate of drug-likeness (QED) is 0.330. The number of hydrogen-bond donors (Lipinski definition) is 3. The zero-order valence-corrected chi connectivity index (χ0v) is 24.9. The first-order valence-corrected chi connectivity index (χ1v) is 13.4. The highest BCUT2D eigenvalue weighted by atomic mass is 16.6. The second kappa shape index (κ2) is 14.8. The summed E-state index contributed by atoms with van der Waals surface area (Å²) in [7, 11) is 3.10. The molecule has 1 aromatic heterocycles. The number of ether oxygens (including phenoxy) is 1. The van der Waals surface area contributed by atoms with Crippen molar-refractivity contribution in [2.75, 3.05) is 39.0 Å². The van der Waals surface area contributed by atoms with Gasteiger partial charge in [-0.25, -0.2) is 14.8 Å². The minimum Gasteiger partial charge on any atom is -0.444 e. The predicted octanol–water partition coefficient (Wildman–Crippen LogP) is 2.73. The van der Waals surface area contributed by atoms with Gasteiger partial charge in [-0.05, 0) is 58.2 Å². The molecule has 0 aliphatic rings. The van der Waals surface area contributed by atoms with Gasteiger partial charge in [-0.2, -0.15) is 0 Å². The molecule has 4 N–H and O–H groups in total. The highest BCUT2D eigenvalue weighted by molar-refractivity contribution is 5.96. The van der Waals surface area contributed by atoms with Gasteiger partial charge in [0.05, 0.1) is 17.9 Å². The molecule has 2 rings (SSSR count). The van der Waals surface area contributed by atoms with Gasteiger partial charge in [0.15, 0.2) is 11.5 Å². The van der Waals surface area contributed by atoms with Crippen molar-refractivity contribution in [2.24, 2.45) is 5.73 Å². The summed E-state index contributed by atoms with van der Waals surface area (Å²) in [6, 6.07) is 7.48. The molecule has 0 spiro atoms. The number of rotatable bonds is 12. The van der Waals surface area contributed by atoms with E-state index in [1.165, 1.54) is 22.9 Å². The largest absolute Gasteiger partial charge is 0.444 e. The number of nitrogens with one attached hydrogen (secondary N) is 2. The molecule has 0 unspecified atom stereocenters. The molecule has 41 heavy (non-hydrogen) atoms. The van der Waals surface area contributed by atoms with E-state index in [9.17, 15) is 19.2 Å². The number of carbonyl (C=O) groups is 4. The lowest BCUT2D eigenvalue weighted by Gasteiger charge is -2.23. The van der Waals surface area contributed by atoms with Gasteiger partial charge in [-0.3, -0.25) is 14.4 Å². The molecule has 12 heteroatoms. The van der Waals surface area contributed by atoms with Gasteiger partial charge < -0.3 is 30.9 Å². The van der Waals surface area contributed by atoms with Crippen molar-refractivity contribution in [1.82, 2.24) is 25.1 Å². The van der Waals surface area contributed by atoms with Crippen molar-refractivity contribution < 1.29 is 23.9 Å². The van der Waals surface area contributed by atoms with Crippen molar-refractivity contribution >= 4 is 35.3 Å². The molecular weight excluding hydrogens is 526 g/mol. The Morgan fingerprint density at radius 3 is 2.44 bits per heavy atom. The van der Waals surface area contributed by atoms with Crippen LogP contribution in [0, 0.1) is 6.92 Å². The molecule has 12 nitrogen and oxygen atoms in total.